The first-order valence-corrected chi connectivity index (χ1v) is 4.76. The van der Waals surface area contributed by atoms with Crippen molar-refractivity contribution >= 4 is 12.6 Å². The SMILES string of the molecule is Cn1c(S)nnc1-c1cccc(C#N)c1. The van der Waals surface area contributed by atoms with Crippen molar-refractivity contribution in [2.24, 2.45) is 7.05 Å². The van der Waals surface area contributed by atoms with E-state index in [0.717, 1.165) is 5.56 Å². The zero-order valence-corrected chi connectivity index (χ0v) is 8.94. The number of thiol groups is 1. The summed E-state index contributed by atoms with van der Waals surface area (Å²) < 4.78 is 1.76. The van der Waals surface area contributed by atoms with Crippen LogP contribution in [0.1, 0.15) is 5.56 Å². The summed E-state index contributed by atoms with van der Waals surface area (Å²) in [6, 6.07) is 9.32. The first-order chi connectivity index (χ1) is 7.22. The smallest absolute Gasteiger partial charge is 0.188 e. The lowest BCUT2D eigenvalue weighted by molar-refractivity contribution is 0.798. The van der Waals surface area contributed by atoms with Crippen molar-refractivity contribution in [2.45, 2.75) is 5.16 Å². The lowest BCUT2D eigenvalue weighted by Crippen LogP contribution is -1.93. The van der Waals surface area contributed by atoms with Crippen molar-refractivity contribution < 1.29 is 0 Å². The zero-order valence-electron chi connectivity index (χ0n) is 8.05. The van der Waals surface area contributed by atoms with Crippen molar-refractivity contribution in [3.63, 3.8) is 0 Å². The molecule has 0 aliphatic carbocycles. The molecule has 0 saturated carbocycles. The molecule has 0 aliphatic heterocycles. The van der Waals surface area contributed by atoms with Gasteiger partial charge in [-0.2, -0.15) is 5.26 Å². The van der Waals surface area contributed by atoms with Crippen LogP contribution in [-0.2, 0) is 7.05 Å². The molecule has 0 N–H and O–H groups in total. The first-order valence-electron chi connectivity index (χ1n) is 4.31. The number of nitriles is 1. The van der Waals surface area contributed by atoms with Crippen molar-refractivity contribution in [3.05, 3.63) is 29.8 Å². The van der Waals surface area contributed by atoms with Gasteiger partial charge in [-0.3, -0.25) is 0 Å². The number of aromatic nitrogens is 3. The van der Waals surface area contributed by atoms with E-state index in [1.54, 1.807) is 16.7 Å². The van der Waals surface area contributed by atoms with Crippen molar-refractivity contribution in [2.75, 3.05) is 0 Å². The molecule has 0 spiro atoms. The van der Waals surface area contributed by atoms with Gasteiger partial charge in [-0.05, 0) is 12.1 Å². The van der Waals surface area contributed by atoms with E-state index in [9.17, 15) is 0 Å². The van der Waals surface area contributed by atoms with Gasteiger partial charge in [-0.25, -0.2) is 0 Å². The lowest BCUT2D eigenvalue weighted by Gasteiger charge is -2.00. The number of benzene rings is 1. The van der Waals surface area contributed by atoms with Crippen LogP contribution in [0.4, 0.5) is 0 Å². The molecule has 0 bridgehead atoms. The summed E-state index contributed by atoms with van der Waals surface area (Å²) in [5, 5.41) is 17.2. The third-order valence-electron chi connectivity index (χ3n) is 2.10. The molecule has 0 amide bonds. The largest absolute Gasteiger partial charge is 0.305 e. The molecular weight excluding hydrogens is 208 g/mol. The topological polar surface area (TPSA) is 54.5 Å². The summed E-state index contributed by atoms with van der Waals surface area (Å²) in [5.41, 5.74) is 1.47. The second-order valence-electron chi connectivity index (χ2n) is 3.08. The van der Waals surface area contributed by atoms with Gasteiger partial charge in [0.25, 0.3) is 0 Å². The molecule has 0 unspecified atom stereocenters. The Balaban J connectivity index is 2.55. The van der Waals surface area contributed by atoms with Crippen molar-refractivity contribution in [1.29, 1.82) is 5.26 Å². The highest BCUT2D eigenvalue weighted by molar-refractivity contribution is 7.80. The summed E-state index contributed by atoms with van der Waals surface area (Å²) in [4.78, 5) is 0. The maximum atomic E-state index is 8.78. The van der Waals surface area contributed by atoms with Crippen LogP contribution in [0.5, 0.6) is 0 Å². The van der Waals surface area contributed by atoms with E-state index < -0.39 is 0 Å². The van der Waals surface area contributed by atoms with Gasteiger partial charge in [0.15, 0.2) is 11.0 Å². The molecule has 1 heterocycles. The number of hydrogen-bond acceptors (Lipinski definition) is 4. The minimum atomic E-state index is 0.548. The highest BCUT2D eigenvalue weighted by Crippen LogP contribution is 2.19. The molecule has 1 aromatic carbocycles. The van der Waals surface area contributed by atoms with Crippen LogP contribution in [0.2, 0.25) is 0 Å². The molecule has 0 radical (unpaired) electrons. The minimum Gasteiger partial charge on any atom is -0.305 e. The standard InChI is InChI=1S/C10H8N4S/c1-14-9(12-13-10(14)15)8-4-2-3-7(5-8)6-11/h2-5H,1H3,(H,13,15). The van der Waals surface area contributed by atoms with Gasteiger partial charge >= 0.3 is 0 Å². The van der Waals surface area contributed by atoms with E-state index in [0.29, 0.717) is 16.5 Å². The fourth-order valence-corrected chi connectivity index (χ4v) is 1.44. The molecule has 0 saturated heterocycles. The fraction of sp³-hybridized carbons (Fsp3) is 0.100. The molecule has 2 aromatic rings. The summed E-state index contributed by atoms with van der Waals surface area (Å²) in [6.07, 6.45) is 0. The van der Waals surface area contributed by atoms with Crippen LogP contribution in [0.15, 0.2) is 29.4 Å². The second-order valence-corrected chi connectivity index (χ2v) is 3.48. The van der Waals surface area contributed by atoms with Crippen LogP contribution in [0, 0.1) is 11.3 Å². The molecule has 0 atom stereocenters. The summed E-state index contributed by atoms with van der Waals surface area (Å²) in [7, 11) is 1.83. The molecular formula is C10H8N4S. The summed E-state index contributed by atoms with van der Waals surface area (Å²) in [6.45, 7) is 0. The van der Waals surface area contributed by atoms with Gasteiger partial charge in [0.2, 0.25) is 0 Å². The molecule has 74 valence electrons. The predicted molar refractivity (Wildman–Crippen MR) is 58.4 cm³/mol. The van der Waals surface area contributed by atoms with Gasteiger partial charge in [0.1, 0.15) is 0 Å². The first kappa shape index (κ1) is 9.74. The molecule has 1 aromatic heterocycles. The highest BCUT2D eigenvalue weighted by atomic mass is 32.1. The van der Waals surface area contributed by atoms with E-state index >= 15 is 0 Å². The lowest BCUT2D eigenvalue weighted by atomic mass is 10.1. The zero-order chi connectivity index (χ0) is 10.8. The quantitative estimate of drug-likeness (QED) is 0.737. The van der Waals surface area contributed by atoms with E-state index in [2.05, 4.69) is 28.9 Å². The average molecular weight is 216 g/mol. The Morgan fingerprint density at radius 3 is 2.80 bits per heavy atom. The van der Waals surface area contributed by atoms with Crippen LogP contribution in [0.3, 0.4) is 0 Å². The number of hydrogen-bond donors (Lipinski definition) is 1. The maximum Gasteiger partial charge on any atom is 0.188 e. The van der Waals surface area contributed by atoms with Gasteiger partial charge in [-0.1, -0.05) is 12.1 Å². The Labute approximate surface area is 92.6 Å². The summed E-state index contributed by atoms with van der Waals surface area (Å²) >= 11 is 4.14. The van der Waals surface area contributed by atoms with E-state index in [1.807, 2.05) is 19.2 Å². The maximum absolute atomic E-state index is 8.78. The van der Waals surface area contributed by atoms with Gasteiger partial charge in [-0.15, -0.1) is 22.8 Å². The third-order valence-corrected chi connectivity index (χ3v) is 2.49. The van der Waals surface area contributed by atoms with Crippen LogP contribution < -0.4 is 0 Å². The summed E-state index contributed by atoms with van der Waals surface area (Å²) in [5.74, 6) is 0.706. The van der Waals surface area contributed by atoms with Gasteiger partial charge in [0.05, 0.1) is 11.6 Å². The van der Waals surface area contributed by atoms with E-state index in [4.69, 9.17) is 5.26 Å². The van der Waals surface area contributed by atoms with Crippen LogP contribution in [0.25, 0.3) is 11.4 Å². The van der Waals surface area contributed by atoms with Crippen LogP contribution >= 0.6 is 12.6 Å². The van der Waals surface area contributed by atoms with Gasteiger partial charge in [0, 0.05) is 12.6 Å². The Hall–Kier alpha value is -1.80. The third kappa shape index (κ3) is 1.72. The highest BCUT2D eigenvalue weighted by Gasteiger charge is 2.08. The Bertz CT molecular complexity index is 539. The Kier molecular flexibility index (Phi) is 2.44. The monoisotopic (exact) mass is 216 g/mol. The molecule has 4 nitrogen and oxygen atoms in total. The second kappa shape index (κ2) is 3.75. The normalized spacial score (nSPS) is 9.93. The molecule has 5 heteroatoms. The van der Waals surface area contributed by atoms with Gasteiger partial charge < -0.3 is 4.57 Å². The predicted octanol–water partition coefficient (Wildman–Crippen LogP) is 1.64. The van der Waals surface area contributed by atoms with Crippen molar-refractivity contribution in [3.8, 4) is 17.5 Å². The van der Waals surface area contributed by atoms with Crippen molar-refractivity contribution in [1.82, 2.24) is 14.8 Å². The Morgan fingerprint density at radius 1 is 1.40 bits per heavy atom. The van der Waals surface area contributed by atoms with Crippen LogP contribution in [-0.4, -0.2) is 14.8 Å². The molecule has 0 aliphatic rings. The molecule has 0 fully saturated rings. The molecule has 2 rings (SSSR count). The molecule has 15 heavy (non-hydrogen) atoms. The average Bonchev–Trinajstić information content (AvgIpc) is 2.60. The fourth-order valence-electron chi connectivity index (χ4n) is 1.30. The minimum absolute atomic E-state index is 0.548. The number of rotatable bonds is 1. The Morgan fingerprint density at radius 2 is 2.20 bits per heavy atom. The van der Waals surface area contributed by atoms with E-state index in [1.165, 1.54) is 0 Å². The van der Waals surface area contributed by atoms with E-state index in [-0.39, 0.29) is 0 Å². The number of nitrogens with zero attached hydrogens (tertiary/aromatic N) is 4.